The SMILES string of the molecule is COc1ccc(C#CCO)cc1NC(=O)C1COC(C)C1. The molecule has 0 aliphatic carbocycles. The fourth-order valence-electron chi connectivity index (χ4n) is 2.26. The Labute approximate surface area is 124 Å². The summed E-state index contributed by atoms with van der Waals surface area (Å²) in [5.74, 6) is 5.73. The Balaban J connectivity index is 2.15. The molecule has 2 N–H and O–H groups in total. The number of benzene rings is 1. The molecule has 2 rings (SSSR count). The van der Waals surface area contributed by atoms with Crippen LogP contribution in [0, 0.1) is 17.8 Å². The van der Waals surface area contributed by atoms with Crippen molar-refractivity contribution >= 4 is 11.6 Å². The van der Waals surface area contributed by atoms with Crippen molar-refractivity contribution in [2.75, 3.05) is 25.6 Å². The van der Waals surface area contributed by atoms with Crippen LogP contribution in [0.4, 0.5) is 5.69 Å². The zero-order valence-corrected chi connectivity index (χ0v) is 12.2. The number of methoxy groups -OCH3 is 1. The standard InChI is InChI=1S/C16H19NO4/c1-11-8-13(10-21-11)16(19)17-14-9-12(4-3-7-18)5-6-15(14)20-2/h5-6,9,11,13,18H,7-8,10H2,1-2H3,(H,17,19). The van der Waals surface area contributed by atoms with E-state index >= 15 is 0 Å². The lowest BCUT2D eigenvalue weighted by Crippen LogP contribution is -2.23. The first-order chi connectivity index (χ1) is 10.1. The van der Waals surface area contributed by atoms with Gasteiger partial charge in [0.05, 0.1) is 31.4 Å². The van der Waals surface area contributed by atoms with Gasteiger partial charge in [0.1, 0.15) is 12.4 Å². The third-order valence-corrected chi connectivity index (χ3v) is 3.34. The number of nitrogens with one attached hydrogen (secondary N) is 1. The normalized spacial score (nSPS) is 20.5. The second kappa shape index (κ2) is 7.11. The number of amides is 1. The molecule has 1 aromatic rings. The molecule has 21 heavy (non-hydrogen) atoms. The first kappa shape index (κ1) is 15.4. The van der Waals surface area contributed by atoms with Crippen LogP contribution in [0.5, 0.6) is 5.75 Å². The van der Waals surface area contributed by atoms with E-state index in [4.69, 9.17) is 14.6 Å². The third-order valence-electron chi connectivity index (χ3n) is 3.34. The van der Waals surface area contributed by atoms with Crippen LogP contribution in [0.2, 0.25) is 0 Å². The van der Waals surface area contributed by atoms with Gasteiger partial charge in [0, 0.05) is 5.56 Å². The number of ether oxygens (including phenoxy) is 2. The van der Waals surface area contributed by atoms with Crippen molar-refractivity contribution < 1.29 is 19.4 Å². The molecule has 5 nitrogen and oxygen atoms in total. The molecule has 1 amide bonds. The van der Waals surface area contributed by atoms with E-state index < -0.39 is 0 Å². The number of rotatable bonds is 3. The van der Waals surface area contributed by atoms with Gasteiger partial charge in [-0.2, -0.15) is 0 Å². The third kappa shape index (κ3) is 3.97. The lowest BCUT2D eigenvalue weighted by atomic mass is 10.1. The van der Waals surface area contributed by atoms with Crippen LogP contribution in [-0.4, -0.2) is 37.4 Å². The van der Waals surface area contributed by atoms with Crippen molar-refractivity contribution in [2.24, 2.45) is 5.92 Å². The highest BCUT2D eigenvalue weighted by atomic mass is 16.5. The molecule has 0 spiro atoms. The van der Waals surface area contributed by atoms with E-state index in [9.17, 15) is 4.79 Å². The smallest absolute Gasteiger partial charge is 0.230 e. The molecule has 1 aromatic carbocycles. The molecule has 1 saturated heterocycles. The Kier molecular flexibility index (Phi) is 5.20. The maximum atomic E-state index is 12.2. The van der Waals surface area contributed by atoms with Crippen LogP contribution in [-0.2, 0) is 9.53 Å². The summed E-state index contributed by atoms with van der Waals surface area (Å²) in [6.45, 7) is 2.20. The van der Waals surface area contributed by atoms with Crippen molar-refractivity contribution in [1.29, 1.82) is 0 Å². The average molecular weight is 289 g/mol. The Bertz CT molecular complexity index is 573. The van der Waals surface area contributed by atoms with Gasteiger partial charge in [-0.25, -0.2) is 0 Å². The summed E-state index contributed by atoms with van der Waals surface area (Å²) in [5, 5.41) is 11.6. The largest absolute Gasteiger partial charge is 0.495 e. The van der Waals surface area contributed by atoms with E-state index in [1.807, 2.05) is 6.92 Å². The van der Waals surface area contributed by atoms with Gasteiger partial charge < -0.3 is 19.9 Å². The Morgan fingerprint density at radius 3 is 3.00 bits per heavy atom. The molecule has 0 saturated carbocycles. The minimum absolute atomic E-state index is 0.0788. The van der Waals surface area contributed by atoms with E-state index in [1.165, 1.54) is 0 Å². The summed E-state index contributed by atoms with van der Waals surface area (Å²) in [4.78, 5) is 12.2. The number of hydrogen-bond acceptors (Lipinski definition) is 4. The topological polar surface area (TPSA) is 67.8 Å². The quantitative estimate of drug-likeness (QED) is 0.825. The minimum atomic E-state index is -0.203. The van der Waals surface area contributed by atoms with Gasteiger partial charge in [-0.05, 0) is 31.5 Å². The van der Waals surface area contributed by atoms with Gasteiger partial charge in [-0.1, -0.05) is 11.8 Å². The van der Waals surface area contributed by atoms with E-state index in [2.05, 4.69) is 17.2 Å². The minimum Gasteiger partial charge on any atom is -0.495 e. The first-order valence-electron chi connectivity index (χ1n) is 6.84. The molecule has 5 heteroatoms. The first-order valence-corrected chi connectivity index (χ1v) is 6.84. The molecule has 0 aromatic heterocycles. The fraction of sp³-hybridized carbons (Fsp3) is 0.438. The number of aliphatic hydroxyl groups is 1. The Morgan fingerprint density at radius 2 is 2.38 bits per heavy atom. The van der Waals surface area contributed by atoms with Crippen LogP contribution in [0.25, 0.3) is 0 Å². The summed E-state index contributed by atoms with van der Waals surface area (Å²) in [6.07, 6.45) is 0.836. The maximum Gasteiger partial charge on any atom is 0.230 e. The van der Waals surface area contributed by atoms with Crippen molar-refractivity contribution in [3.63, 3.8) is 0 Å². The maximum absolute atomic E-state index is 12.2. The summed E-state index contributed by atoms with van der Waals surface area (Å²) in [5.41, 5.74) is 1.28. The lowest BCUT2D eigenvalue weighted by molar-refractivity contribution is -0.119. The van der Waals surface area contributed by atoms with Crippen molar-refractivity contribution in [1.82, 2.24) is 0 Å². The molecule has 1 fully saturated rings. The zero-order valence-electron chi connectivity index (χ0n) is 12.2. The Morgan fingerprint density at radius 1 is 1.57 bits per heavy atom. The van der Waals surface area contributed by atoms with Gasteiger partial charge in [-0.15, -0.1) is 0 Å². The van der Waals surface area contributed by atoms with E-state index in [-0.39, 0.29) is 24.5 Å². The van der Waals surface area contributed by atoms with Crippen LogP contribution >= 0.6 is 0 Å². The average Bonchev–Trinajstić information content (AvgIpc) is 2.92. The molecule has 112 valence electrons. The highest BCUT2D eigenvalue weighted by molar-refractivity contribution is 5.94. The van der Waals surface area contributed by atoms with Gasteiger partial charge in [-0.3, -0.25) is 4.79 Å². The zero-order chi connectivity index (χ0) is 15.2. The number of anilines is 1. The van der Waals surface area contributed by atoms with Gasteiger partial charge >= 0.3 is 0 Å². The van der Waals surface area contributed by atoms with E-state index in [1.54, 1.807) is 25.3 Å². The molecule has 0 radical (unpaired) electrons. The second-order valence-electron chi connectivity index (χ2n) is 4.94. The molecule has 1 aliphatic heterocycles. The highest BCUT2D eigenvalue weighted by Gasteiger charge is 2.28. The summed E-state index contributed by atoms with van der Waals surface area (Å²) in [6, 6.07) is 5.25. The summed E-state index contributed by atoms with van der Waals surface area (Å²) >= 11 is 0. The second-order valence-corrected chi connectivity index (χ2v) is 4.94. The number of carbonyl (C=O) groups is 1. The summed E-state index contributed by atoms with van der Waals surface area (Å²) in [7, 11) is 1.55. The monoisotopic (exact) mass is 289 g/mol. The lowest BCUT2D eigenvalue weighted by Gasteiger charge is -2.13. The van der Waals surface area contributed by atoms with E-state index in [0.29, 0.717) is 23.6 Å². The van der Waals surface area contributed by atoms with Crippen molar-refractivity contribution in [3.05, 3.63) is 23.8 Å². The summed E-state index contributed by atoms with van der Waals surface area (Å²) < 4.78 is 10.7. The number of aliphatic hydroxyl groups excluding tert-OH is 1. The van der Waals surface area contributed by atoms with Gasteiger partial charge in [0.15, 0.2) is 0 Å². The van der Waals surface area contributed by atoms with Crippen LogP contribution in [0.1, 0.15) is 18.9 Å². The molecule has 2 atom stereocenters. The predicted octanol–water partition coefficient (Wildman–Crippen LogP) is 1.40. The molecular weight excluding hydrogens is 270 g/mol. The molecular formula is C16H19NO4. The van der Waals surface area contributed by atoms with E-state index in [0.717, 1.165) is 6.42 Å². The van der Waals surface area contributed by atoms with Crippen LogP contribution in [0.3, 0.4) is 0 Å². The molecule has 0 bridgehead atoms. The fourth-order valence-corrected chi connectivity index (χ4v) is 2.26. The Hall–Kier alpha value is -2.03. The molecule has 1 heterocycles. The van der Waals surface area contributed by atoms with Gasteiger partial charge in [0.2, 0.25) is 5.91 Å². The number of carbonyl (C=O) groups excluding carboxylic acids is 1. The molecule has 2 unspecified atom stereocenters. The van der Waals surface area contributed by atoms with Crippen LogP contribution < -0.4 is 10.1 Å². The van der Waals surface area contributed by atoms with Gasteiger partial charge in [0.25, 0.3) is 0 Å². The van der Waals surface area contributed by atoms with Crippen molar-refractivity contribution in [2.45, 2.75) is 19.4 Å². The number of hydrogen-bond donors (Lipinski definition) is 2. The molecule has 1 aliphatic rings. The van der Waals surface area contributed by atoms with Crippen LogP contribution in [0.15, 0.2) is 18.2 Å². The van der Waals surface area contributed by atoms with Crippen molar-refractivity contribution in [3.8, 4) is 17.6 Å². The predicted molar refractivity (Wildman–Crippen MR) is 79.1 cm³/mol. The highest BCUT2D eigenvalue weighted by Crippen LogP contribution is 2.27.